The number of aryl methyl sites for hydroxylation is 2. The molecule has 1 aliphatic rings. The van der Waals surface area contributed by atoms with Crippen molar-refractivity contribution >= 4 is 5.78 Å². The molecule has 3 heteroatoms. The van der Waals surface area contributed by atoms with E-state index < -0.39 is 0 Å². The van der Waals surface area contributed by atoms with E-state index in [1.807, 2.05) is 0 Å². The van der Waals surface area contributed by atoms with Crippen molar-refractivity contribution in [1.82, 2.24) is 9.80 Å². The van der Waals surface area contributed by atoms with Crippen molar-refractivity contribution in [2.75, 3.05) is 39.8 Å². The zero-order valence-corrected chi connectivity index (χ0v) is 13.4. The third kappa shape index (κ3) is 3.10. The van der Waals surface area contributed by atoms with Gasteiger partial charge < -0.3 is 4.90 Å². The summed E-state index contributed by atoms with van der Waals surface area (Å²) in [5, 5.41) is 0. The third-order valence-electron chi connectivity index (χ3n) is 4.61. The van der Waals surface area contributed by atoms with Gasteiger partial charge in [0.15, 0.2) is 5.78 Å². The molecule has 0 aromatic heterocycles. The van der Waals surface area contributed by atoms with Crippen LogP contribution in [-0.2, 0) is 0 Å². The second-order valence-electron chi connectivity index (χ2n) is 6.14. The number of carbonyl (C=O) groups excluding carboxylic acids is 1. The van der Waals surface area contributed by atoms with Crippen LogP contribution in [-0.4, -0.2) is 55.4 Å². The van der Waals surface area contributed by atoms with Crippen molar-refractivity contribution in [3.05, 3.63) is 33.9 Å². The molecule has 20 heavy (non-hydrogen) atoms. The molecule has 3 nitrogen and oxygen atoms in total. The van der Waals surface area contributed by atoms with Gasteiger partial charge in [-0.05, 0) is 57.0 Å². The van der Waals surface area contributed by atoms with E-state index in [9.17, 15) is 4.79 Å². The van der Waals surface area contributed by atoms with Gasteiger partial charge in [-0.2, -0.15) is 0 Å². The number of nitrogens with zero attached hydrogens (tertiary/aromatic N) is 2. The van der Waals surface area contributed by atoms with Crippen molar-refractivity contribution < 1.29 is 4.79 Å². The van der Waals surface area contributed by atoms with E-state index in [1.165, 1.54) is 11.1 Å². The Morgan fingerprint density at radius 3 is 2.00 bits per heavy atom. The summed E-state index contributed by atoms with van der Waals surface area (Å²) in [5.74, 6) is 0.274. The van der Waals surface area contributed by atoms with Crippen LogP contribution in [0.15, 0.2) is 6.07 Å². The highest BCUT2D eigenvalue weighted by atomic mass is 16.1. The van der Waals surface area contributed by atoms with Crippen LogP contribution >= 0.6 is 0 Å². The molecule has 0 atom stereocenters. The lowest BCUT2D eigenvalue weighted by Gasteiger charge is -2.32. The molecule has 0 bridgehead atoms. The van der Waals surface area contributed by atoms with Crippen LogP contribution in [0.5, 0.6) is 0 Å². The Kier molecular flexibility index (Phi) is 4.61. The Morgan fingerprint density at radius 1 is 1.00 bits per heavy atom. The normalized spacial score (nSPS) is 17.4. The maximum atomic E-state index is 12.7. The zero-order chi connectivity index (χ0) is 14.9. The molecule has 110 valence electrons. The summed E-state index contributed by atoms with van der Waals surface area (Å²) < 4.78 is 0. The van der Waals surface area contributed by atoms with Crippen LogP contribution in [0, 0.1) is 27.7 Å². The van der Waals surface area contributed by atoms with Crippen LogP contribution in [0.25, 0.3) is 0 Å². The first kappa shape index (κ1) is 15.2. The lowest BCUT2D eigenvalue weighted by Crippen LogP contribution is -2.46. The Balaban J connectivity index is 2.17. The van der Waals surface area contributed by atoms with E-state index >= 15 is 0 Å². The number of carbonyl (C=O) groups is 1. The van der Waals surface area contributed by atoms with Crippen molar-refractivity contribution in [3.63, 3.8) is 0 Å². The predicted molar refractivity (Wildman–Crippen MR) is 83.7 cm³/mol. The van der Waals surface area contributed by atoms with Gasteiger partial charge in [-0.25, -0.2) is 0 Å². The highest BCUT2D eigenvalue weighted by molar-refractivity contribution is 6.00. The molecule has 1 aromatic carbocycles. The molecule has 0 saturated carbocycles. The molecular formula is C17H26N2O. The topological polar surface area (TPSA) is 23.6 Å². The summed E-state index contributed by atoms with van der Waals surface area (Å²) in [6.45, 7) is 13.0. The monoisotopic (exact) mass is 274 g/mol. The maximum absolute atomic E-state index is 12.7. The molecule has 2 rings (SSSR count). The Bertz CT molecular complexity index is 488. The molecular weight excluding hydrogens is 248 g/mol. The number of hydrogen-bond acceptors (Lipinski definition) is 3. The molecule has 1 saturated heterocycles. The average molecular weight is 274 g/mol. The van der Waals surface area contributed by atoms with Crippen LogP contribution in [0.2, 0.25) is 0 Å². The molecule has 0 N–H and O–H groups in total. The van der Waals surface area contributed by atoms with E-state index in [2.05, 4.69) is 50.6 Å². The molecule has 0 radical (unpaired) electrons. The van der Waals surface area contributed by atoms with Crippen LogP contribution in [0.4, 0.5) is 0 Å². The standard InChI is InChI=1S/C17H26N2O/c1-12-10-13(2)15(4)17(14(12)3)16(20)11-19-8-6-18(5)7-9-19/h10H,6-9,11H2,1-5H3. The number of likely N-dealkylation sites (N-methyl/N-ethyl adjacent to an activating group) is 1. The Labute approximate surface area is 122 Å². The number of Topliss-reactive ketones (excluding diaryl/α,β-unsaturated/α-hetero) is 1. The molecule has 0 aliphatic carbocycles. The van der Waals surface area contributed by atoms with Crippen molar-refractivity contribution in [2.45, 2.75) is 27.7 Å². The van der Waals surface area contributed by atoms with Crippen molar-refractivity contribution in [2.24, 2.45) is 0 Å². The SMILES string of the molecule is Cc1cc(C)c(C)c(C(=O)CN2CCN(C)CC2)c1C. The smallest absolute Gasteiger partial charge is 0.177 e. The minimum absolute atomic E-state index is 0.274. The summed E-state index contributed by atoms with van der Waals surface area (Å²) >= 11 is 0. The van der Waals surface area contributed by atoms with Gasteiger partial charge in [0.25, 0.3) is 0 Å². The largest absolute Gasteiger partial charge is 0.304 e. The minimum Gasteiger partial charge on any atom is -0.304 e. The highest BCUT2D eigenvalue weighted by Gasteiger charge is 2.20. The zero-order valence-electron chi connectivity index (χ0n) is 13.4. The molecule has 1 aromatic rings. The van der Waals surface area contributed by atoms with Crippen LogP contribution in [0.3, 0.4) is 0 Å². The predicted octanol–water partition coefficient (Wildman–Crippen LogP) is 2.35. The number of hydrogen-bond donors (Lipinski definition) is 0. The van der Waals surface area contributed by atoms with Gasteiger partial charge in [0.1, 0.15) is 0 Å². The van der Waals surface area contributed by atoms with E-state index in [0.29, 0.717) is 6.54 Å². The van der Waals surface area contributed by atoms with Gasteiger partial charge in [-0.1, -0.05) is 6.07 Å². The number of ketones is 1. The van der Waals surface area contributed by atoms with Crippen LogP contribution in [0.1, 0.15) is 32.6 Å². The Morgan fingerprint density at radius 2 is 1.50 bits per heavy atom. The maximum Gasteiger partial charge on any atom is 0.177 e. The molecule has 0 spiro atoms. The average Bonchev–Trinajstić information content (AvgIpc) is 2.39. The fourth-order valence-electron chi connectivity index (χ4n) is 2.92. The second-order valence-corrected chi connectivity index (χ2v) is 6.14. The van der Waals surface area contributed by atoms with E-state index in [-0.39, 0.29) is 5.78 Å². The van der Waals surface area contributed by atoms with E-state index in [1.54, 1.807) is 0 Å². The first-order valence-electron chi connectivity index (χ1n) is 7.41. The lowest BCUT2D eigenvalue weighted by atomic mass is 9.91. The molecule has 1 heterocycles. The lowest BCUT2D eigenvalue weighted by molar-refractivity contribution is 0.0875. The summed E-state index contributed by atoms with van der Waals surface area (Å²) in [7, 11) is 2.14. The van der Waals surface area contributed by atoms with E-state index in [4.69, 9.17) is 0 Å². The van der Waals surface area contributed by atoms with Gasteiger partial charge >= 0.3 is 0 Å². The summed E-state index contributed by atoms with van der Waals surface area (Å²) in [6, 6.07) is 2.18. The van der Waals surface area contributed by atoms with Crippen molar-refractivity contribution in [1.29, 1.82) is 0 Å². The Hall–Kier alpha value is -1.19. The van der Waals surface area contributed by atoms with Crippen molar-refractivity contribution in [3.8, 4) is 0 Å². The highest BCUT2D eigenvalue weighted by Crippen LogP contribution is 2.22. The molecule has 1 fully saturated rings. The molecule has 1 aliphatic heterocycles. The molecule has 0 unspecified atom stereocenters. The third-order valence-corrected chi connectivity index (χ3v) is 4.61. The number of rotatable bonds is 3. The quantitative estimate of drug-likeness (QED) is 0.791. The fourth-order valence-corrected chi connectivity index (χ4v) is 2.92. The molecule has 0 amide bonds. The number of piperazine rings is 1. The van der Waals surface area contributed by atoms with Gasteiger partial charge in [-0.3, -0.25) is 9.69 Å². The van der Waals surface area contributed by atoms with E-state index in [0.717, 1.165) is 42.9 Å². The summed E-state index contributed by atoms with van der Waals surface area (Å²) in [6.07, 6.45) is 0. The minimum atomic E-state index is 0.274. The first-order valence-corrected chi connectivity index (χ1v) is 7.41. The van der Waals surface area contributed by atoms with Crippen LogP contribution < -0.4 is 0 Å². The number of benzene rings is 1. The first-order chi connectivity index (χ1) is 9.40. The second kappa shape index (κ2) is 6.06. The van der Waals surface area contributed by atoms with Gasteiger partial charge in [0.2, 0.25) is 0 Å². The van der Waals surface area contributed by atoms with Gasteiger partial charge in [0.05, 0.1) is 6.54 Å². The van der Waals surface area contributed by atoms with Gasteiger partial charge in [-0.15, -0.1) is 0 Å². The van der Waals surface area contributed by atoms with Gasteiger partial charge in [0, 0.05) is 31.7 Å². The summed E-state index contributed by atoms with van der Waals surface area (Å²) in [5.41, 5.74) is 5.67. The fraction of sp³-hybridized carbons (Fsp3) is 0.588. The summed E-state index contributed by atoms with van der Waals surface area (Å²) in [4.78, 5) is 17.3.